The molecule has 0 radical (unpaired) electrons. The second-order valence-corrected chi connectivity index (χ2v) is 11.9. The first-order chi connectivity index (χ1) is 17.8. The van der Waals surface area contributed by atoms with Gasteiger partial charge in [0.15, 0.2) is 0 Å². The summed E-state index contributed by atoms with van der Waals surface area (Å²) >= 11 is 0.0726. The quantitative estimate of drug-likeness (QED) is 0.0834. The Balaban J connectivity index is 1.35. The molecule has 212 valence electrons. The van der Waals surface area contributed by atoms with E-state index in [0.29, 0.717) is 26.1 Å². The fourth-order valence-electron chi connectivity index (χ4n) is 5.45. The van der Waals surface area contributed by atoms with Gasteiger partial charge in [0.1, 0.15) is 34.6 Å². The molecule has 12 heteroatoms. The van der Waals surface area contributed by atoms with Gasteiger partial charge < -0.3 is 29.6 Å². The largest absolute Gasteiger partial charge is 0.443 e. The topological polar surface area (TPSA) is 114 Å². The molecule has 3 aliphatic rings. The second kappa shape index (κ2) is 14.4. The Morgan fingerprint density at radius 2 is 1.86 bits per heavy atom. The SMILES string of the molecule is COC1C(OC(=O)NCCCCCCNC(=O)CNSSF)CCC2(CO2)C1C1(C)O[C@@H]1CC=C(C)C. The number of alkyl carbamates (subject to hydrolysis) is 1. The van der Waals surface area contributed by atoms with Crippen molar-refractivity contribution in [2.45, 2.75) is 95.2 Å². The summed E-state index contributed by atoms with van der Waals surface area (Å²) in [6.07, 6.45) is 7.16. The number of hydrogen-bond acceptors (Lipinski definition) is 9. The van der Waals surface area contributed by atoms with Crippen molar-refractivity contribution in [2.24, 2.45) is 5.92 Å². The van der Waals surface area contributed by atoms with E-state index in [1.165, 1.54) is 5.57 Å². The first-order valence-corrected chi connectivity index (χ1v) is 15.2. The van der Waals surface area contributed by atoms with Gasteiger partial charge in [-0.05, 0) is 52.9 Å². The number of allylic oxidation sites excluding steroid dienone is 1. The fraction of sp³-hybridized carbons (Fsp3) is 0.840. The molecule has 3 rings (SSSR count). The number of epoxide rings is 2. The molecule has 2 saturated heterocycles. The number of carbonyl (C=O) groups is 2. The van der Waals surface area contributed by atoms with Crippen LogP contribution in [-0.4, -0.2) is 74.9 Å². The van der Waals surface area contributed by atoms with Crippen LogP contribution < -0.4 is 15.4 Å². The van der Waals surface area contributed by atoms with Crippen LogP contribution in [0.3, 0.4) is 0 Å². The minimum atomic E-state index is -0.425. The molecule has 2 heterocycles. The van der Waals surface area contributed by atoms with Crippen molar-refractivity contribution < 1.29 is 32.4 Å². The molecule has 1 saturated carbocycles. The standard InChI is InChI=1S/C25H42FN3O6S2/c1-17(2)9-10-19-24(3,35-19)22-21(32-4)18(11-12-25(22)16-33-25)34-23(31)28-14-8-6-5-7-13-27-20(30)15-29-37-36-26/h9,18-19,21-22,29H,5-8,10-16H2,1-4H3,(H,27,30)(H,28,31)/t18?,19-,21?,22?,24?,25?/m1/s1. The minimum Gasteiger partial charge on any atom is -0.443 e. The van der Waals surface area contributed by atoms with Gasteiger partial charge in [-0.25, -0.2) is 9.52 Å². The Hall–Kier alpha value is -1.05. The number of methoxy groups -OCH3 is 1. The van der Waals surface area contributed by atoms with E-state index in [2.05, 4.69) is 42.2 Å². The van der Waals surface area contributed by atoms with E-state index in [-0.39, 0.29) is 59.1 Å². The number of nitrogens with one attached hydrogen (secondary N) is 3. The van der Waals surface area contributed by atoms with Gasteiger partial charge in [0.25, 0.3) is 0 Å². The molecule has 3 fully saturated rings. The molecule has 2 aliphatic heterocycles. The predicted octanol–water partition coefficient (Wildman–Crippen LogP) is 4.24. The van der Waals surface area contributed by atoms with Crippen molar-refractivity contribution >= 4 is 34.2 Å². The smallest absolute Gasteiger partial charge is 0.407 e. The van der Waals surface area contributed by atoms with E-state index >= 15 is 0 Å². The van der Waals surface area contributed by atoms with Crippen LogP contribution in [0.15, 0.2) is 11.6 Å². The lowest BCUT2D eigenvalue weighted by Gasteiger charge is -2.42. The third-order valence-electron chi connectivity index (χ3n) is 7.51. The molecule has 37 heavy (non-hydrogen) atoms. The third kappa shape index (κ3) is 8.72. The molecule has 0 aromatic heterocycles. The lowest BCUT2D eigenvalue weighted by molar-refractivity contribution is -0.119. The van der Waals surface area contributed by atoms with Gasteiger partial charge in [-0.15, -0.1) is 0 Å². The van der Waals surface area contributed by atoms with E-state index in [1.54, 1.807) is 7.11 Å². The normalized spacial score (nSPS) is 32.0. The first kappa shape index (κ1) is 30.5. The maximum absolute atomic E-state index is 12.5. The van der Waals surface area contributed by atoms with Gasteiger partial charge in [0.05, 0.1) is 25.2 Å². The zero-order valence-electron chi connectivity index (χ0n) is 22.3. The van der Waals surface area contributed by atoms with Crippen molar-refractivity contribution in [3.63, 3.8) is 0 Å². The minimum absolute atomic E-state index is 0.00437. The summed E-state index contributed by atoms with van der Waals surface area (Å²) < 4.78 is 38.4. The van der Waals surface area contributed by atoms with Crippen LogP contribution in [0.5, 0.6) is 0 Å². The van der Waals surface area contributed by atoms with Gasteiger partial charge in [-0.3, -0.25) is 4.79 Å². The van der Waals surface area contributed by atoms with Crippen LogP contribution in [0.4, 0.5) is 8.68 Å². The maximum atomic E-state index is 12.5. The van der Waals surface area contributed by atoms with Crippen molar-refractivity contribution in [3.05, 3.63) is 11.6 Å². The van der Waals surface area contributed by atoms with Crippen molar-refractivity contribution in [2.75, 3.05) is 33.4 Å². The molecule has 5 unspecified atom stereocenters. The predicted molar refractivity (Wildman–Crippen MR) is 144 cm³/mol. The van der Waals surface area contributed by atoms with Gasteiger partial charge in [-0.2, -0.15) is 3.89 Å². The molecule has 1 aliphatic carbocycles. The van der Waals surface area contributed by atoms with E-state index < -0.39 is 6.09 Å². The number of rotatable bonds is 16. The van der Waals surface area contributed by atoms with E-state index in [0.717, 1.165) is 49.5 Å². The van der Waals surface area contributed by atoms with Gasteiger partial charge in [-0.1, -0.05) is 24.5 Å². The van der Waals surface area contributed by atoms with Crippen molar-refractivity contribution in [1.29, 1.82) is 0 Å². The Morgan fingerprint density at radius 1 is 1.16 bits per heavy atom. The zero-order chi connectivity index (χ0) is 26.9. The summed E-state index contributed by atoms with van der Waals surface area (Å²) in [5.74, 6) is -0.153. The molecule has 6 atom stereocenters. The highest BCUT2D eigenvalue weighted by Gasteiger charge is 2.72. The van der Waals surface area contributed by atoms with Crippen LogP contribution >= 0.6 is 22.2 Å². The van der Waals surface area contributed by atoms with Crippen LogP contribution in [0.25, 0.3) is 0 Å². The number of carbonyl (C=O) groups excluding carboxylic acids is 2. The first-order valence-electron chi connectivity index (χ1n) is 13.1. The highest BCUT2D eigenvalue weighted by atomic mass is 33.1. The Bertz CT molecular complexity index is 798. The van der Waals surface area contributed by atoms with Gasteiger partial charge >= 0.3 is 6.09 Å². The number of halogens is 1. The Labute approximate surface area is 227 Å². The second-order valence-electron chi connectivity index (χ2n) is 10.5. The number of ether oxygens (including phenoxy) is 4. The summed E-state index contributed by atoms with van der Waals surface area (Å²) in [4.78, 5) is 24.1. The fourth-order valence-corrected chi connectivity index (χ4v) is 6.00. The van der Waals surface area contributed by atoms with Crippen LogP contribution in [-0.2, 0) is 23.7 Å². The molecule has 0 aromatic rings. The number of amides is 2. The molecule has 0 aromatic carbocycles. The maximum Gasteiger partial charge on any atom is 0.407 e. The zero-order valence-corrected chi connectivity index (χ0v) is 23.9. The number of hydrogen-bond donors (Lipinski definition) is 3. The monoisotopic (exact) mass is 563 g/mol. The molecular weight excluding hydrogens is 521 g/mol. The van der Waals surface area contributed by atoms with Crippen molar-refractivity contribution in [1.82, 2.24) is 15.4 Å². The van der Waals surface area contributed by atoms with Crippen LogP contribution in [0, 0.1) is 5.92 Å². The lowest BCUT2D eigenvalue weighted by Crippen LogP contribution is -2.56. The molecular formula is C25H42FN3O6S2. The molecule has 3 N–H and O–H groups in total. The number of unbranched alkanes of at least 4 members (excludes halogenated alkanes) is 3. The summed E-state index contributed by atoms with van der Waals surface area (Å²) in [5, 5.41) is 5.64. The lowest BCUT2D eigenvalue weighted by atomic mass is 9.68. The Kier molecular flexibility index (Phi) is 11.8. The van der Waals surface area contributed by atoms with Gasteiger partial charge in [0.2, 0.25) is 5.91 Å². The van der Waals surface area contributed by atoms with Crippen molar-refractivity contribution in [3.8, 4) is 0 Å². The molecule has 9 nitrogen and oxygen atoms in total. The summed E-state index contributed by atoms with van der Waals surface area (Å²) in [7, 11) is 2.46. The molecule has 1 spiro atoms. The van der Waals surface area contributed by atoms with E-state index in [1.807, 2.05) is 0 Å². The molecule has 0 bridgehead atoms. The Morgan fingerprint density at radius 3 is 2.49 bits per heavy atom. The summed E-state index contributed by atoms with van der Waals surface area (Å²) in [5.41, 5.74) is 0.669. The third-order valence-corrected chi connectivity index (χ3v) is 8.38. The van der Waals surface area contributed by atoms with Crippen LogP contribution in [0.2, 0.25) is 0 Å². The average molecular weight is 564 g/mol. The highest BCUT2D eigenvalue weighted by Crippen LogP contribution is 2.59. The summed E-state index contributed by atoms with van der Waals surface area (Å²) in [6, 6.07) is 0. The van der Waals surface area contributed by atoms with Crippen LogP contribution in [0.1, 0.15) is 65.7 Å². The van der Waals surface area contributed by atoms with E-state index in [4.69, 9.17) is 18.9 Å². The molecule has 2 amide bonds. The average Bonchev–Trinajstić information content (AvgIpc) is 3.77. The summed E-state index contributed by atoms with van der Waals surface area (Å²) in [6.45, 7) is 8.19. The van der Waals surface area contributed by atoms with Gasteiger partial charge in [0, 0.05) is 31.2 Å². The highest BCUT2D eigenvalue weighted by molar-refractivity contribution is 8.74. The van der Waals surface area contributed by atoms with E-state index in [9.17, 15) is 13.5 Å².